The van der Waals surface area contributed by atoms with Crippen molar-refractivity contribution in [3.05, 3.63) is 0 Å². The monoisotopic (exact) mass is 133 g/mol. The molecule has 3 heteroatoms. The van der Waals surface area contributed by atoms with Gasteiger partial charge in [-0.25, -0.2) is 0 Å². The van der Waals surface area contributed by atoms with Gasteiger partial charge in [-0.2, -0.15) is 0 Å². The molecule has 0 heterocycles. The number of hydrogen-bond acceptors (Lipinski definition) is 2. The van der Waals surface area contributed by atoms with Gasteiger partial charge in [0.2, 0.25) is 0 Å². The van der Waals surface area contributed by atoms with E-state index in [-0.39, 0.29) is 15.2 Å². The molecule has 0 aromatic rings. The number of nitrogens with two attached hydrogens (primary N) is 1. The molecule has 0 saturated heterocycles. The van der Waals surface area contributed by atoms with Crippen LogP contribution in [0.4, 0.5) is 0 Å². The van der Waals surface area contributed by atoms with Crippen molar-refractivity contribution in [2.24, 2.45) is 5.73 Å². The fourth-order valence-corrected chi connectivity index (χ4v) is 1.75. The number of rotatable bonds is 4. The Balaban J connectivity index is 2.72. The second-order valence-electron chi connectivity index (χ2n) is 2.13. The summed E-state index contributed by atoms with van der Waals surface area (Å²) in [6, 6.07) is 1.19. The first-order valence-electron chi connectivity index (χ1n) is 3.15. The number of aliphatic hydroxyl groups excluding tert-OH is 1. The van der Waals surface area contributed by atoms with Gasteiger partial charge < -0.3 is 10.8 Å². The zero-order valence-corrected chi connectivity index (χ0v) is 6.84. The fraction of sp³-hybridized carbons (Fsp3) is 1.00. The van der Waals surface area contributed by atoms with Crippen LogP contribution in [0.3, 0.4) is 0 Å². The Morgan fingerprint density at radius 2 is 2.38 bits per heavy atom. The molecule has 0 radical (unpaired) electrons. The van der Waals surface area contributed by atoms with Crippen molar-refractivity contribution in [1.29, 1.82) is 0 Å². The molecule has 1 atom stereocenters. The Morgan fingerprint density at radius 1 is 1.75 bits per heavy atom. The van der Waals surface area contributed by atoms with Gasteiger partial charge in [0.05, 0.1) is 9.52 Å². The van der Waals surface area contributed by atoms with Crippen molar-refractivity contribution in [3.8, 4) is 0 Å². The van der Waals surface area contributed by atoms with E-state index in [2.05, 4.69) is 0 Å². The SMILES string of the molecule is CC(O)[SiH2]CCCN. The first kappa shape index (κ1) is 8.14. The third kappa shape index (κ3) is 6.14. The summed E-state index contributed by atoms with van der Waals surface area (Å²) < 4.78 is 0. The Hall–Kier alpha value is 0.137. The lowest BCUT2D eigenvalue weighted by Gasteiger charge is -1.99. The topological polar surface area (TPSA) is 46.2 Å². The molecule has 0 amide bonds. The van der Waals surface area contributed by atoms with Gasteiger partial charge in [0.25, 0.3) is 0 Å². The zero-order valence-electron chi connectivity index (χ0n) is 5.43. The quantitative estimate of drug-likeness (QED) is 0.392. The third-order valence-corrected chi connectivity index (χ3v) is 2.82. The standard InChI is InChI=1S/C5H15NOSi/c1-5(7)8-4-2-3-6/h5,7H,2-4,6,8H2,1H3. The van der Waals surface area contributed by atoms with E-state index in [0.29, 0.717) is 0 Å². The average molecular weight is 133 g/mol. The van der Waals surface area contributed by atoms with E-state index >= 15 is 0 Å². The highest BCUT2D eigenvalue weighted by atomic mass is 28.2. The van der Waals surface area contributed by atoms with Crippen molar-refractivity contribution in [1.82, 2.24) is 0 Å². The molecule has 0 aliphatic rings. The van der Waals surface area contributed by atoms with Crippen LogP contribution in [0.15, 0.2) is 0 Å². The Bertz CT molecular complexity index is 49.7. The van der Waals surface area contributed by atoms with E-state index in [1.807, 2.05) is 6.92 Å². The van der Waals surface area contributed by atoms with Crippen LogP contribution in [0.5, 0.6) is 0 Å². The molecule has 0 aliphatic heterocycles. The second-order valence-corrected chi connectivity index (χ2v) is 4.60. The maximum absolute atomic E-state index is 8.80. The molecular weight excluding hydrogens is 118 g/mol. The van der Waals surface area contributed by atoms with Gasteiger partial charge in [-0.3, -0.25) is 0 Å². The molecule has 2 nitrogen and oxygen atoms in total. The van der Waals surface area contributed by atoms with Gasteiger partial charge in [-0.15, -0.1) is 0 Å². The van der Waals surface area contributed by atoms with Crippen LogP contribution in [0.1, 0.15) is 13.3 Å². The zero-order chi connectivity index (χ0) is 6.41. The van der Waals surface area contributed by atoms with Crippen molar-refractivity contribution in [2.75, 3.05) is 6.54 Å². The summed E-state index contributed by atoms with van der Waals surface area (Å²) in [7, 11) is -0.189. The molecule has 0 aromatic carbocycles. The Kier molecular flexibility index (Phi) is 5.37. The van der Waals surface area contributed by atoms with Crippen molar-refractivity contribution >= 4 is 9.52 Å². The molecular formula is C5H15NOSi. The molecule has 8 heavy (non-hydrogen) atoms. The maximum Gasteiger partial charge on any atom is 0.0549 e. The van der Waals surface area contributed by atoms with Gasteiger partial charge in [0.1, 0.15) is 0 Å². The fourth-order valence-electron chi connectivity index (χ4n) is 0.584. The first-order chi connectivity index (χ1) is 3.77. The van der Waals surface area contributed by atoms with E-state index in [1.165, 1.54) is 6.04 Å². The third-order valence-electron chi connectivity index (χ3n) is 1.08. The largest absolute Gasteiger partial charge is 0.398 e. The van der Waals surface area contributed by atoms with Crippen LogP contribution in [0, 0.1) is 0 Å². The van der Waals surface area contributed by atoms with E-state index in [1.54, 1.807) is 0 Å². The van der Waals surface area contributed by atoms with E-state index in [4.69, 9.17) is 10.8 Å². The van der Waals surface area contributed by atoms with Crippen molar-refractivity contribution in [3.63, 3.8) is 0 Å². The predicted molar refractivity (Wildman–Crippen MR) is 38.7 cm³/mol. The number of aliphatic hydroxyl groups is 1. The minimum Gasteiger partial charge on any atom is -0.398 e. The molecule has 50 valence electrons. The van der Waals surface area contributed by atoms with Crippen LogP contribution < -0.4 is 5.73 Å². The summed E-state index contributed by atoms with van der Waals surface area (Å²) in [6.45, 7) is 2.64. The van der Waals surface area contributed by atoms with Gasteiger partial charge in [0, 0.05) is 5.73 Å². The molecule has 0 fully saturated rings. The predicted octanol–water partition coefficient (Wildman–Crippen LogP) is -0.739. The molecule has 0 saturated carbocycles. The van der Waals surface area contributed by atoms with Crippen molar-refractivity contribution in [2.45, 2.75) is 25.1 Å². The minimum absolute atomic E-state index is 0.0125. The van der Waals surface area contributed by atoms with Crippen LogP contribution in [-0.4, -0.2) is 26.9 Å². The lowest BCUT2D eigenvalue weighted by Crippen LogP contribution is -2.12. The van der Waals surface area contributed by atoms with Crippen LogP contribution >= 0.6 is 0 Å². The summed E-state index contributed by atoms with van der Waals surface area (Å²) >= 11 is 0. The highest BCUT2D eigenvalue weighted by molar-refractivity contribution is 6.36. The van der Waals surface area contributed by atoms with Gasteiger partial charge >= 0.3 is 0 Å². The van der Waals surface area contributed by atoms with E-state index < -0.39 is 0 Å². The summed E-state index contributed by atoms with van der Waals surface area (Å²) in [4.78, 5) is 0. The second kappa shape index (κ2) is 5.28. The average Bonchev–Trinajstić information content (AvgIpc) is 1.66. The Morgan fingerprint density at radius 3 is 2.75 bits per heavy atom. The summed E-state index contributed by atoms with van der Waals surface area (Å²) in [5.74, 6) is 0. The molecule has 0 aromatic heterocycles. The molecule has 0 spiro atoms. The van der Waals surface area contributed by atoms with Gasteiger partial charge in [0.15, 0.2) is 0 Å². The highest BCUT2D eigenvalue weighted by Crippen LogP contribution is 1.87. The van der Waals surface area contributed by atoms with Crippen LogP contribution in [0.2, 0.25) is 6.04 Å². The normalized spacial score (nSPS) is 15.4. The first-order valence-corrected chi connectivity index (χ1v) is 4.97. The minimum atomic E-state index is -0.189. The smallest absolute Gasteiger partial charge is 0.0549 e. The number of hydrogen-bond donors (Lipinski definition) is 2. The molecule has 0 rings (SSSR count). The highest BCUT2D eigenvalue weighted by Gasteiger charge is 1.93. The lowest BCUT2D eigenvalue weighted by molar-refractivity contribution is 0.272. The Labute approximate surface area is 52.9 Å². The summed E-state index contributed by atoms with van der Waals surface area (Å²) in [5.41, 5.74) is 5.24. The van der Waals surface area contributed by atoms with Gasteiger partial charge in [-0.05, 0) is 19.9 Å². The van der Waals surface area contributed by atoms with Crippen molar-refractivity contribution < 1.29 is 5.11 Å². The maximum atomic E-state index is 8.80. The van der Waals surface area contributed by atoms with E-state index in [0.717, 1.165) is 13.0 Å². The molecule has 3 N–H and O–H groups in total. The summed E-state index contributed by atoms with van der Waals surface area (Å²) in [6.07, 6.45) is 1.09. The molecule has 1 unspecified atom stereocenters. The van der Waals surface area contributed by atoms with Crippen LogP contribution in [-0.2, 0) is 0 Å². The lowest BCUT2D eigenvalue weighted by atomic mass is 10.5. The van der Waals surface area contributed by atoms with E-state index in [9.17, 15) is 0 Å². The molecule has 0 aliphatic carbocycles. The van der Waals surface area contributed by atoms with Gasteiger partial charge in [-0.1, -0.05) is 6.04 Å². The van der Waals surface area contributed by atoms with Crippen LogP contribution in [0.25, 0.3) is 0 Å². The summed E-state index contributed by atoms with van der Waals surface area (Å²) in [5, 5.41) is 8.80. The molecule has 0 bridgehead atoms.